The highest BCUT2D eigenvalue weighted by Gasteiger charge is 2.16. The Labute approximate surface area is 82.9 Å². The zero-order valence-electron chi connectivity index (χ0n) is 8.06. The van der Waals surface area contributed by atoms with Crippen molar-refractivity contribution in [2.45, 2.75) is 31.8 Å². The number of hydrogen-bond donors (Lipinski definition) is 0. The molecule has 1 aromatic rings. The minimum atomic E-state index is -0.0955. The molecule has 1 fully saturated rings. The summed E-state index contributed by atoms with van der Waals surface area (Å²) >= 11 is 0. The summed E-state index contributed by atoms with van der Waals surface area (Å²) in [6.45, 7) is 0.145. The molecule has 0 bridgehead atoms. The van der Waals surface area contributed by atoms with Gasteiger partial charge in [-0.15, -0.1) is 0 Å². The summed E-state index contributed by atoms with van der Waals surface area (Å²) < 4.78 is 6.79. The molecule has 1 aromatic heterocycles. The van der Waals surface area contributed by atoms with Crippen LogP contribution in [0.2, 0.25) is 0 Å². The SMILES string of the molecule is O=C(COC1CCCC1)n1cccn1. The molecule has 1 aliphatic rings. The standard InChI is InChI=1S/C10H14N2O2/c13-10(12-7-3-6-11-12)8-14-9-4-1-2-5-9/h3,6-7,9H,1-2,4-5,8H2. The number of carbonyl (C=O) groups is 1. The fourth-order valence-electron chi connectivity index (χ4n) is 1.73. The number of nitrogens with zero attached hydrogens (tertiary/aromatic N) is 2. The highest BCUT2D eigenvalue weighted by molar-refractivity contribution is 5.78. The molecule has 1 heterocycles. The lowest BCUT2D eigenvalue weighted by Crippen LogP contribution is -2.21. The molecular weight excluding hydrogens is 180 g/mol. The van der Waals surface area contributed by atoms with Crippen molar-refractivity contribution in [3.8, 4) is 0 Å². The van der Waals surface area contributed by atoms with Crippen molar-refractivity contribution >= 4 is 5.91 Å². The summed E-state index contributed by atoms with van der Waals surface area (Å²) in [5.74, 6) is -0.0955. The first-order chi connectivity index (χ1) is 6.86. The maximum Gasteiger partial charge on any atom is 0.272 e. The van der Waals surface area contributed by atoms with Gasteiger partial charge in [-0.3, -0.25) is 4.79 Å². The molecule has 0 unspecified atom stereocenters. The smallest absolute Gasteiger partial charge is 0.272 e. The van der Waals surface area contributed by atoms with Crippen LogP contribution in [0.25, 0.3) is 0 Å². The molecule has 0 spiro atoms. The second kappa shape index (κ2) is 4.37. The lowest BCUT2D eigenvalue weighted by atomic mass is 10.3. The minimum Gasteiger partial charge on any atom is -0.368 e. The Bertz CT molecular complexity index is 289. The molecule has 2 rings (SSSR count). The normalized spacial score (nSPS) is 17.4. The first kappa shape index (κ1) is 9.40. The molecule has 14 heavy (non-hydrogen) atoms. The minimum absolute atomic E-state index is 0.0955. The zero-order chi connectivity index (χ0) is 9.80. The Morgan fingerprint density at radius 3 is 2.93 bits per heavy atom. The van der Waals surface area contributed by atoms with Crippen LogP contribution in [0.15, 0.2) is 18.5 Å². The van der Waals surface area contributed by atoms with E-state index in [4.69, 9.17) is 4.74 Å². The molecule has 0 amide bonds. The summed E-state index contributed by atoms with van der Waals surface area (Å²) in [5, 5.41) is 3.85. The maximum atomic E-state index is 11.4. The predicted octanol–water partition coefficient (Wildman–Crippen LogP) is 1.48. The van der Waals surface area contributed by atoms with E-state index in [-0.39, 0.29) is 18.6 Å². The number of carbonyl (C=O) groups excluding carboxylic acids is 1. The van der Waals surface area contributed by atoms with Gasteiger partial charge in [-0.05, 0) is 18.9 Å². The average molecular weight is 194 g/mol. The summed E-state index contributed by atoms with van der Waals surface area (Å²) in [5.41, 5.74) is 0. The van der Waals surface area contributed by atoms with Crippen LogP contribution in [0.5, 0.6) is 0 Å². The Hall–Kier alpha value is -1.16. The van der Waals surface area contributed by atoms with E-state index in [1.165, 1.54) is 17.5 Å². The van der Waals surface area contributed by atoms with Gasteiger partial charge in [0.2, 0.25) is 0 Å². The van der Waals surface area contributed by atoms with Gasteiger partial charge in [0, 0.05) is 12.4 Å². The highest BCUT2D eigenvalue weighted by Crippen LogP contribution is 2.20. The van der Waals surface area contributed by atoms with Gasteiger partial charge in [-0.25, -0.2) is 4.68 Å². The van der Waals surface area contributed by atoms with Gasteiger partial charge in [-0.1, -0.05) is 12.8 Å². The number of ether oxygens (including phenoxy) is 1. The number of hydrogen-bond acceptors (Lipinski definition) is 3. The molecule has 0 saturated heterocycles. The van der Waals surface area contributed by atoms with Crippen molar-refractivity contribution in [3.05, 3.63) is 18.5 Å². The van der Waals surface area contributed by atoms with E-state index < -0.39 is 0 Å². The molecule has 76 valence electrons. The van der Waals surface area contributed by atoms with E-state index in [9.17, 15) is 4.79 Å². The molecule has 0 aliphatic heterocycles. The van der Waals surface area contributed by atoms with Crippen LogP contribution in [0.3, 0.4) is 0 Å². The first-order valence-corrected chi connectivity index (χ1v) is 5.01. The Morgan fingerprint density at radius 2 is 2.29 bits per heavy atom. The summed E-state index contributed by atoms with van der Waals surface area (Å²) in [6, 6.07) is 1.73. The Balaban J connectivity index is 1.78. The predicted molar refractivity (Wildman–Crippen MR) is 51.1 cm³/mol. The van der Waals surface area contributed by atoms with Crippen molar-refractivity contribution in [2.75, 3.05) is 6.61 Å². The van der Waals surface area contributed by atoms with Crippen LogP contribution < -0.4 is 0 Å². The van der Waals surface area contributed by atoms with Gasteiger partial charge in [0.05, 0.1) is 6.10 Å². The fourth-order valence-corrected chi connectivity index (χ4v) is 1.73. The van der Waals surface area contributed by atoms with Crippen LogP contribution >= 0.6 is 0 Å². The van der Waals surface area contributed by atoms with Crippen molar-refractivity contribution < 1.29 is 9.53 Å². The monoisotopic (exact) mass is 194 g/mol. The van der Waals surface area contributed by atoms with Crippen LogP contribution in [0, 0.1) is 0 Å². The summed E-state index contributed by atoms with van der Waals surface area (Å²) in [4.78, 5) is 11.4. The Kier molecular flexibility index (Phi) is 2.93. The largest absolute Gasteiger partial charge is 0.368 e. The van der Waals surface area contributed by atoms with Crippen molar-refractivity contribution in [3.63, 3.8) is 0 Å². The van der Waals surface area contributed by atoms with Crippen molar-refractivity contribution in [2.24, 2.45) is 0 Å². The van der Waals surface area contributed by atoms with Crippen LogP contribution in [0.1, 0.15) is 30.5 Å². The molecule has 4 nitrogen and oxygen atoms in total. The fraction of sp³-hybridized carbons (Fsp3) is 0.600. The third-order valence-corrected chi connectivity index (χ3v) is 2.50. The summed E-state index contributed by atoms with van der Waals surface area (Å²) in [6.07, 6.45) is 8.14. The average Bonchev–Trinajstić information content (AvgIpc) is 2.87. The quantitative estimate of drug-likeness (QED) is 0.732. The number of aromatic nitrogens is 2. The van der Waals surface area contributed by atoms with Crippen molar-refractivity contribution in [1.82, 2.24) is 9.78 Å². The van der Waals surface area contributed by atoms with E-state index in [1.54, 1.807) is 18.5 Å². The second-order valence-electron chi connectivity index (χ2n) is 3.56. The molecule has 1 saturated carbocycles. The van der Waals surface area contributed by atoms with Crippen LogP contribution in [-0.2, 0) is 4.74 Å². The van der Waals surface area contributed by atoms with Gasteiger partial charge in [0.1, 0.15) is 6.61 Å². The van der Waals surface area contributed by atoms with Gasteiger partial charge < -0.3 is 4.74 Å². The highest BCUT2D eigenvalue weighted by atomic mass is 16.5. The molecular formula is C10H14N2O2. The molecule has 0 atom stereocenters. The molecule has 0 radical (unpaired) electrons. The third kappa shape index (κ3) is 2.20. The molecule has 1 aliphatic carbocycles. The van der Waals surface area contributed by atoms with E-state index in [0.717, 1.165) is 12.8 Å². The van der Waals surface area contributed by atoms with E-state index >= 15 is 0 Å². The van der Waals surface area contributed by atoms with Gasteiger partial charge in [-0.2, -0.15) is 5.10 Å². The maximum absolute atomic E-state index is 11.4. The Morgan fingerprint density at radius 1 is 1.50 bits per heavy atom. The molecule has 4 heteroatoms. The van der Waals surface area contributed by atoms with Crippen molar-refractivity contribution in [1.29, 1.82) is 0 Å². The van der Waals surface area contributed by atoms with Crippen LogP contribution in [0.4, 0.5) is 0 Å². The first-order valence-electron chi connectivity index (χ1n) is 5.01. The van der Waals surface area contributed by atoms with E-state index in [2.05, 4.69) is 5.10 Å². The molecule has 0 aromatic carbocycles. The topological polar surface area (TPSA) is 44.1 Å². The third-order valence-electron chi connectivity index (χ3n) is 2.50. The van der Waals surface area contributed by atoms with Crippen LogP contribution in [-0.4, -0.2) is 28.4 Å². The van der Waals surface area contributed by atoms with Gasteiger partial charge in [0.15, 0.2) is 0 Å². The molecule has 0 N–H and O–H groups in total. The zero-order valence-corrected chi connectivity index (χ0v) is 8.06. The van der Waals surface area contributed by atoms with E-state index in [0.29, 0.717) is 0 Å². The lowest BCUT2D eigenvalue weighted by molar-refractivity contribution is 0.0406. The van der Waals surface area contributed by atoms with E-state index in [1.807, 2.05) is 0 Å². The second-order valence-corrected chi connectivity index (χ2v) is 3.56. The number of rotatable bonds is 3. The van der Waals surface area contributed by atoms with Gasteiger partial charge in [0.25, 0.3) is 5.91 Å². The lowest BCUT2D eigenvalue weighted by Gasteiger charge is -2.09. The summed E-state index contributed by atoms with van der Waals surface area (Å²) in [7, 11) is 0. The van der Waals surface area contributed by atoms with Gasteiger partial charge >= 0.3 is 0 Å².